The summed E-state index contributed by atoms with van der Waals surface area (Å²) in [5, 5.41) is 9.36. The zero-order chi connectivity index (χ0) is 22.1. The zero-order valence-electron chi connectivity index (χ0n) is 17.3. The van der Waals surface area contributed by atoms with E-state index in [-0.39, 0.29) is 17.4 Å². The summed E-state index contributed by atoms with van der Waals surface area (Å²) in [4.78, 5) is 36.3. The van der Waals surface area contributed by atoms with Crippen LogP contribution >= 0.6 is 11.3 Å². The van der Waals surface area contributed by atoms with Crippen molar-refractivity contribution in [2.45, 2.75) is 6.92 Å². The normalized spacial score (nSPS) is 13.6. The first-order valence-electron chi connectivity index (χ1n) is 9.44. The molecule has 9 heteroatoms. The van der Waals surface area contributed by atoms with Gasteiger partial charge in [-0.25, -0.2) is 4.99 Å². The van der Waals surface area contributed by atoms with Gasteiger partial charge in [0, 0.05) is 31.4 Å². The van der Waals surface area contributed by atoms with Crippen LogP contribution in [0.1, 0.15) is 17.3 Å². The van der Waals surface area contributed by atoms with Crippen LogP contribution in [0, 0.1) is 0 Å². The van der Waals surface area contributed by atoms with E-state index < -0.39 is 5.91 Å². The lowest BCUT2D eigenvalue weighted by Gasteiger charge is -2.14. The molecule has 0 aliphatic carbocycles. The molecule has 1 aliphatic heterocycles. The number of carbonyl (C=O) groups excluding carboxylic acids is 2. The molecular weight excluding hydrogens is 412 g/mol. The fourth-order valence-corrected chi connectivity index (χ4v) is 3.61. The maximum Gasteiger partial charge on any atom is 0.281 e. The topological polar surface area (TPSA) is 91.9 Å². The predicted octanol–water partition coefficient (Wildman–Crippen LogP) is 3.69. The smallest absolute Gasteiger partial charge is 0.281 e. The first-order valence-corrected chi connectivity index (χ1v) is 10.3. The molecular formula is C22H20N6O2S. The standard InChI is InChI=1S/C22H20N6O2S/c1-13-14(2)23-22(25-20(13)29)28-19(12-17(26-28)18-9-6-10-31-18)24-21(30)15-7-5-8-16(11-15)27(3)4/h5-12H,1H2,2-4H3,(H,24,30). The second-order valence-electron chi connectivity index (χ2n) is 7.10. The van der Waals surface area contributed by atoms with Crippen molar-refractivity contribution in [1.82, 2.24) is 9.78 Å². The molecule has 1 aromatic carbocycles. The molecule has 31 heavy (non-hydrogen) atoms. The number of nitrogens with one attached hydrogen (secondary N) is 1. The Bertz CT molecular complexity index is 1250. The number of rotatable bonds is 4. The van der Waals surface area contributed by atoms with Gasteiger partial charge in [0.1, 0.15) is 11.5 Å². The molecule has 0 radical (unpaired) electrons. The molecule has 0 unspecified atom stereocenters. The summed E-state index contributed by atoms with van der Waals surface area (Å²) in [5.41, 5.74) is 2.73. The van der Waals surface area contributed by atoms with E-state index in [1.54, 1.807) is 25.1 Å². The van der Waals surface area contributed by atoms with Gasteiger partial charge in [-0.3, -0.25) is 9.59 Å². The van der Waals surface area contributed by atoms with E-state index in [9.17, 15) is 9.59 Å². The van der Waals surface area contributed by atoms with Crippen molar-refractivity contribution in [1.29, 1.82) is 0 Å². The maximum atomic E-state index is 13.0. The van der Waals surface area contributed by atoms with Crippen molar-refractivity contribution in [3.63, 3.8) is 0 Å². The van der Waals surface area contributed by atoms with Gasteiger partial charge in [0.25, 0.3) is 17.8 Å². The van der Waals surface area contributed by atoms with Crippen LogP contribution < -0.4 is 10.2 Å². The van der Waals surface area contributed by atoms with Crippen LogP contribution in [0.25, 0.3) is 10.6 Å². The van der Waals surface area contributed by atoms with Gasteiger partial charge in [-0.2, -0.15) is 14.8 Å². The van der Waals surface area contributed by atoms with Crippen molar-refractivity contribution in [2.24, 2.45) is 9.98 Å². The number of anilines is 2. The van der Waals surface area contributed by atoms with Crippen LogP contribution in [0.3, 0.4) is 0 Å². The predicted molar refractivity (Wildman–Crippen MR) is 124 cm³/mol. The number of hydrogen-bond donors (Lipinski definition) is 1. The minimum absolute atomic E-state index is 0.0787. The van der Waals surface area contributed by atoms with Crippen LogP contribution in [0.5, 0.6) is 0 Å². The third-order valence-corrected chi connectivity index (χ3v) is 5.60. The van der Waals surface area contributed by atoms with Crippen LogP contribution in [0.15, 0.2) is 70.0 Å². The molecule has 0 bridgehead atoms. The molecule has 0 saturated heterocycles. The Balaban J connectivity index is 1.74. The van der Waals surface area contributed by atoms with Gasteiger partial charge in [0.15, 0.2) is 0 Å². The number of hydrogen-bond acceptors (Lipinski definition) is 6. The van der Waals surface area contributed by atoms with Crippen molar-refractivity contribution in [3.8, 4) is 10.6 Å². The molecule has 0 fully saturated rings. The number of carbonyl (C=O) groups is 2. The molecule has 2 amide bonds. The number of amides is 2. The molecule has 0 atom stereocenters. The Morgan fingerprint density at radius 1 is 1.16 bits per heavy atom. The zero-order valence-corrected chi connectivity index (χ0v) is 18.1. The fraction of sp³-hybridized carbons (Fsp3) is 0.136. The van der Waals surface area contributed by atoms with Crippen molar-refractivity contribution in [3.05, 3.63) is 65.6 Å². The average Bonchev–Trinajstić information content (AvgIpc) is 3.41. The number of nitrogens with zero attached hydrogens (tertiary/aromatic N) is 5. The van der Waals surface area contributed by atoms with Crippen molar-refractivity contribution >= 4 is 46.3 Å². The minimum Gasteiger partial charge on any atom is -0.378 e. The molecule has 1 N–H and O–H groups in total. The summed E-state index contributed by atoms with van der Waals surface area (Å²) >= 11 is 1.52. The van der Waals surface area contributed by atoms with Gasteiger partial charge in [-0.1, -0.05) is 18.7 Å². The monoisotopic (exact) mass is 432 g/mol. The SMILES string of the molecule is C=C1C(=O)N=C(n2nc(-c3cccs3)cc2NC(=O)c2cccc(N(C)C)c2)N=C1C. The lowest BCUT2D eigenvalue weighted by molar-refractivity contribution is -0.113. The summed E-state index contributed by atoms with van der Waals surface area (Å²) in [6.07, 6.45) is 0. The second kappa shape index (κ2) is 8.11. The highest BCUT2D eigenvalue weighted by atomic mass is 32.1. The van der Waals surface area contributed by atoms with E-state index in [1.165, 1.54) is 16.0 Å². The van der Waals surface area contributed by atoms with Crippen LogP contribution in [0.4, 0.5) is 11.5 Å². The molecule has 3 heterocycles. The highest BCUT2D eigenvalue weighted by Gasteiger charge is 2.23. The number of aliphatic imine (C=N–C) groups is 2. The van der Waals surface area contributed by atoms with Crippen molar-refractivity contribution in [2.75, 3.05) is 24.3 Å². The van der Waals surface area contributed by atoms with Crippen LogP contribution in [0.2, 0.25) is 0 Å². The Morgan fingerprint density at radius 3 is 2.65 bits per heavy atom. The van der Waals surface area contributed by atoms with Gasteiger partial charge >= 0.3 is 0 Å². The molecule has 0 saturated carbocycles. The summed E-state index contributed by atoms with van der Waals surface area (Å²) < 4.78 is 1.37. The summed E-state index contributed by atoms with van der Waals surface area (Å²) in [5.74, 6) is -0.351. The summed E-state index contributed by atoms with van der Waals surface area (Å²) in [7, 11) is 3.82. The number of benzene rings is 1. The van der Waals surface area contributed by atoms with Gasteiger partial charge in [-0.05, 0) is 36.6 Å². The molecule has 4 rings (SSSR count). The number of thiophene rings is 1. The highest BCUT2D eigenvalue weighted by Crippen LogP contribution is 2.27. The second-order valence-corrected chi connectivity index (χ2v) is 8.04. The third-order valence-electron chi connectivity index (χ3n) is 4.70. The average molecular weight is 433 g/mol. The van der Waals surface area contributed by atoms with Gasteiger partial charge < -0.3 is 10.2 Å². The molecule has 8 nitrogen and oxygen atoms in total. The first kappa shape index (κ1) is 20.4. The Hall–Kier alpha value is -3.85. The Morgan fingerprint density at radius 2 is 1.97 bits per heavy atom. The summed E-state index contributed by atoms with van der Waals surface area (Å²) in [6, 6.07) is 12.8. The Labute approximate surface area is 183 Å². The van der Waals surface area contributed by atoms with Crippen molar-refractivity contribution < 1.29 is 9.59 Å². The van der Waals surface area contributed by atoms with Crippen LogP contribution in [-0.2, 0) is 4.79 Å². The number of aromatic nitrogens is 2. The molecule has 0 spiro atoms. The lowest BCUT2D eigenvalue weighted by Crippen LogP contribution is -2.25. The summed E-state index contributed by atoms with van der Waals surface area (Å²) in [6.45, 7) is 5.38. The van der Waals surface area contributed by atoms with E-state index in [1.807, 2.05) is 48.6 Å². The van der Waals surface area contributed by atoms with Gasteiger partial charge in [0.2, 0.25) is 0 Å². The van der Waals surface area contributed by atoms with Gasteiger partial charge in [-0.15, -0.1) is 11.3 Å². The molecule has 3 aromatic rings. The van der Waals surface area contributed by atoms with E-state index in [2.05, 4.69) is 27.0 Å². The third kappa shape index (κ3) is 4.08. The first-order chi connectivity index (χ1) is 14.8. The highest BCUT2D eigenvalue weighted by molar-refractivity contribution is 7.13. The molecule has 2 aromatic heterocycles. The fourth-order valence-electron chi connectivity index (χ4n) is 2.93. The quantitative estimate of drug-likeness (QED) is 0.637. The molecule has 156 valence electrons. The van der Waals surface area contributed by atoms with E-state index in [4.69, 9.17) is 0 Å². The molecule has 1 aliphatic rings. The van der Waals surface area contributed by atoms with E-state index in [0.29, 0.717) is 22.8 Å². The largest absolute Gasteiger partial charge is 0.378 e. The van der Waals surface area contributed by atoms with Crippen LogP contribution in [-0.4, -0.2) is 47.4 Å². The maximum absolute atomic E-state index is 13.0. The van der Waals surface area contributed by atoms with Gasteiger partial charge in [0.05, 0.1) is 16.2 Å². The van der Waals surface area contributed by atoms with E-state index >= 15 is 0 Å². The van der Waals surface area contributed by atoms with E-state index in [0.717, 1.165) is 10.6 Å². The Kier molecular flexibility index (Phi) is 5.35. The minimum atomic E-state index is -0.480. The lowest BCUT2D eigenvalue weighted by atomic mass is 10.2.